The summed E-state index contributed by atoms with van der Waals surface area (Å²) >= 11 is 1.60. The lowest BCUT2D eigenvalue weighted by Crippen LogP contribution is -1.99. The highest BCUT2D eigenvalue weighted by molar-refractivity contribution is 7.09. The van der Waals surface area contributed by atoms with Crippen molar-refractivity contribution in [2.75, 3.05) is 5.32 Å². The molecule has 4 heteroatoms. The van der Waals surface area contributed by atoms with E-state index in [2.05, 4.69) is 16.4 Å². The minimum Gasteiger partial charge on any atom is -0.379 e. The normalized spacial score (nSPS) is 9.75. The van der Waals surface area contributed by atoms with Gasteiger partial charge in [-0.15, -0.1) is 11.3 Å². The highest BCUT2D eigenvalue weighted by atomic mass is 32.1. The summed E-state index contributed by atoms with van der Waals surface area (Å²) in [6.07, 6.45) is 1.83. The van der Waals surface area contributed by atoms with E-state index in [1.54, 1.807) is 16.8 Å². The predicted molar refractivity (Wildman–Crippen MR) is 65.3 cm³/mol. The maximum Gasteiger partial charge on any atom is 0.101 e. The van der Waals surface area contributed by atoms with E-state index >= 15 is 0 Å². The number of aromatic nitrogens is 1. The molecular formula is C12H11N3S. The molecule has 0 radical (unpaired) electrons. The van der Waals surface area contributed by atoms with Crippen LogP contribution in [0.4, 0.5) is 5.69 Å². The van der Waals surface area contributed by atoms with Gasteiger partial charge in [0.25, 0.3) is 0 Å². The first-order chi connectivity index (χ1) is 7.79. The van der Waals surface area contributed by atoms with Crippen LogP contribution in [-0.2, 0) is 6.54 Å². The molecule has 0 aliphatic heterocycles. The van der Waals surface area contributed by atoms with Crippen LogP contribution in [0, 0.1) is 18.3 Å². The van der Waals surface area contributed by atoms with Crippen molar-refractivity contribution in [3.05, 3.63) is 45.9 Å². The number of thiazole rings is 1. The van der Waals surface area contributed by atoms with Crippen molar-refractivity contribution in [1.82, 2.24) is 4.98 Å². The number of benzene rings is 1. The van der Waals surface area contributed by atoms with Crippen LogP contribution in [0.1, 0.15) is 16.0 Å². The van der Waals surface area contributed by atoms with E-state index < -0.39 is 0 Å². The standard InChI is InChI=1S/C12H11N3S/c1-9-2-3-12(10(4-9)5-13)15-7-11-6-14-8-16-11/h2-4,6,8,15H,7H2,1H3. The molecule has 0 unspecified atom stereocenters. The maximum atomic E-state index is 9.00. The summed E-state index contributed by atoms with van der Waals surface area (Å²) in [4.78, 5) is 5.16. The van der Waals surface area contributed by atoms with Crippen molar-refractivity contribution in [3.8, 4) is 6.07 Å². The number of hydrogen-bond donors (Lipinski definition) is 1. The predicted octanol–water partition coefficient (Wildman–Crippen LogP) is 2.94. The van der Waals surface area contributed by atoms with Crippen LogP contribution in [0.2, 0.25) is 0 Å². The molecule has 0 spiro atoms. The van der Waals surface area contributed by atoms with Gasteiger partial charge in [0.2, 0.25) is 0 Å². The van der Waals surface area contributed by atoms with Gasteiger partial charge in [0.05, 0.1) is 23.3 Å². The number of nitrogens with one attached hydrogen (secondary N) is 1. The second-order valence-corrected chi connectivity index (χ2v) is 4.45. The van der Waals surface area contributed by atoms with Crippen LogP contribution in [0.25, 0.3) is 0 Å². The maximum absolute atomic E-state index is 9.00. The Bertz CT molecular complexity index is 512. The summed E-state index contributed by atoms with van der Waals surface area (Å²) in [5.74, 6) is 0. The van der Waals surface area contributed by atoms with Crippen molar-refractivity contribution in [3.63, 3.8) is 0 Å². The Kier molecular flexibility index (Phi) is 3.18. The zero-order chi connectivity index (χ0) is 11.4. The van der Waals surface area contributed by atoms with Crippen molar-refractivity contribution in [1.29, 1.82) is 5.26 Å². The molecule has 80 valence electrons. The van der Waals surface area contributed by atoms with Gasteiger partial charge in [-0.1, -0.05) is 6.07 Å². The molecule has 1 N–H and O–H groups in total. The van der Waals surface area contributed by atoms with E-state index in [4.69, 9.17) is 5.26 Å². The number of anilines is 1. The van der Waals surface area contributed by atoms with E-state index in [-0.39, 0.29) is 0 Å². The molecule has 0 saturated carbocycles. The molecule has 0 fully saturated rings. The molecule has 2 rings (SSSR count). The molecule has 0 saturated heterocycles. The fourth-order valence-corrected chi connectivity index (χ4v) is 1.95. The number of nitriles is 1. The highest BCUT2D eigenvalue weighted by Gasteiger charge is 2.02. The van der Waals surface area contributed by atoms with Gasteiger partial charge in [-0.05, 0) is 24.6 Å². The Morgan fingerprint density at radius 1 is 1.50 bits per heavy atom. The molecule has 16 heavy (non-hydrogen) atoms. The number of hydrogen-bond acceptors (Lipinski definition) is 4. The minimum atomic E-state index is 0.685. The third-order valence-corrected chi connectivity index (χ3v) is 3.01. The van der Waals surface area contributed by atoms with Crippen LogP contribution < -0.4 is 5.32 Å². The summed E-state index contributed by atoms with van der Waals surface area (Å²) in [5.41, 5.74) is 4.46. The van der Waals surface area contributed by atoms with Gasteiger partial charge >= 0.3 is 0 Å². The molecule has 0 bridgehead atoms. The molecular weight excluding hydrogens is 218 g/mol. The Morgan fingerprint density at radius 3 is 3.06 bits per heavy atom. The fraction of sp³-hybridized carbons (Fsp3) is 0.167. The van der Waals surface area contributed by atoms with Crippen LogP contribution in [-0.4, -0.2) is 4.98 Å². The van der Waals surface area contributed by atoms with Gasteiger partial charge in [0.1, 0.15) is 6.07 Å². The van der Waals surface area contributed by atoms with Gasteiger partial charge in [-0.3, -0.25) is 4.98 Å². The van der Waals surface area contributed by atoms with Crippen molar-refractivity contribution in [2.24, 2.45) is 0 Å². The Labute approximate surface area is 98.4 Å². The lowest BCUT2D eigenvalue weighted by molar-refractivity contribution is 1.17. The molecule has 1 heterocycles. The van der Waals surface area contributed by atoms with Crippen LogP contribution >= 0.6 is 11.3 Å². The van der Waals surface area contributed by atoms with E-state index in [9.17, 15) is 0 Å². The Balaban J connectivity index is 2.13. The van der Waals surface area contributed by atoms with Crippen LogP contribution in [0.5, 0.6) is 0 Å². The minimum absolute atomic E-state index is 0.685. The molecule has 1 aromatic heterocycles. The molecule has 0 amide bonds. The summed E-state index contributed by atoms with van der Waals surface area (Å²) < 4.78 is 0. The molecule has 2 aromatic rings. The van der Waals surface area contributed by atoms with Gasteiger partial charge in [-0.2, -0.15) is 5.26 Å². The van der Waals surface area contributed by atoms with Crippen molar-refractivity contribution >= 4 is 17.0 Å². The first kappa shape index (κ1) is 10.7. The van der Waals surface area contributed by atoms with E-state index in [1.807, 2.05) is 31.3 Å². The van der Waals surface area contributed by atoms with Crippen LogP contribution in [0.15, 0.2) is 29.9 Å². The third kappa shape index (κ3) is 2.38. The average molecular weight is 229 g/mol. The summed E-state index contributed by atoms with van der Waals surface area (Å²) in [6.45, 7) is 2.69. The summed E-state index contributed by atoms with van der Waals surface area (Å²) in [5, 5.41) is 12.2. The fourth-order valence-electron chi connectivity index (χ4n) is 1.42. The van der Waals surface area contributed by atoms with E-state index in [1.165, 1.54) is 0 Å². The van der Waals surface area contributed by atoms with E-state index in [0.717, 1.165) is 16.1 Å². The zero-order valence-corrected chi connectivity index (χ0v) is 9.71. The first-order valence-electron chi connectivity index (χ1n) is 4.91. The monoisotopic (exact) mass is 229 g/mol. The van der Waals surface area contributed by atoms with Gasteiger partial charge in [0.15, 0.2) is 0 Å². The average Bonchev–Trinajstić information content (AvgIpc) is 2.80. The molecule has 0 aliphatic rings. The van der Waals surface area contributed by atoms with Gasteiger partial charge in [-0.25, -0.2) is 0 Å². The smallest absolute Gasteiger partial charge is 0.101 e. The zero-order valence-electron chi connectivity index (χ0n) is 8.90. The van der Waals surface area contributed by atoms with Gasteiger partial charge in [0, 0.05) is 11.1 Å². The largest absolute Gasteiger partial charge is 0.379 e. The number of aryl methyl sites for hydroxylation is 1. The Hall–Kier alpha value is -1.86. The molecule has 0 atom stereocenters. The molecule has 3 nitrogen and oxygen atoms in total. The Morgan fingerprint density at radius 2 is 2.38 bits per heavy atom. The second kappa shape index (κ2) is 4.77. The van der Waals surface area contributed by atoms with Crippen molar-refractivity contribution < 1.29 is 0 Å². The number of rotatable bonds is 3. The van der Waals surface area contributed by atoms with Crippen molar-refractivity contribution in [2.45, 2.75) is 13.5 Å². The highest BCUT2D eigenvalue weighted by Crippen LogP contribution is 2.18. The van der Waals surface area contributed by atoms with E-state index in [0.29, 0.717) is 12.1 Å². The number of nitrogens with zero attached hydrogens (tertiary/aromatic N) is 2. The lowest BCUT2D eigenvalue weighted by Gasteiger charge is -2.07. The lowest BCUT2D eigenvalue weighted by atomic mass is 10.1. The third-order valence-electron chi connectivity index (χ3n) is 2.23. The van der Waals surface area contributed by atoms with Crippen LogP contribution in [0.3, 0.4) is 0 Å². The molecule has 0 aliphatic carbocycles. The first-order valence-corrected chi connectivity index (χ1v) is 5.79. The molecule has 1 aromatic carbocycles. The quantitative estimate of drug-likeness (QED) is 0.880. The topological polar surface area (TPSA) is 48.7 Å². The van der Waals surface area contributed by atoms with Gasteiger partial charge < -0.3 is 5.32 Å². The summed E-state index contributed by atoms with van der Waals surface area (Å²) in [7, 11) is 0. The SMILES string of the molecule is Cc1ccc(NCc2cncs2)c(C#N)c1. The second-order valence-electron chi connectivity index (χ2n) is 3.48. The summed E-state index contributed by atoms with van der Waals surface area (Å²) in [6, 6.07) is 8.01.